The van der Waals surface area contributed by atoms with E-state index in [0.29, 0.717) is 5.56 Å². The maximum Gasteiger partial charge on any atom is 0.351 e. The van der Waals surface area contributed by atoms with E-state index in [0.717, 1.165) is 10.8 Å². The van der Waals surface area contributed by atoms with Crippen LogP contribution in [0.2, 0.25) is 0 Å². The molecule has 4 rings (SSSR count). The van der Waals surface area contributed by atoms with Crippen LogP contribution in [-0.2, 0) is 15.1 Å². The van der Waals surface area contributed by atoms with Crippen LogP contribution in [0.5, 0.6) is 0 Å². The Labute approximate surface area is 202 Å². The molecule has 36 heavy (non-hydrogen) atoms. The highest BCUT2D eigenvalue weighted by Crippen LogP contribution is 2.37. The van der Waals surface area contributed by atoms with Gasteiger partial charge in [0.05, 0.1) is 18.8 Å². The van der Waals surface area contributed by atoms with Gasteiger partial charge in [0.2, 0.25) is 0 Å². The molecule has 0 saturated carbocycles. The van der Waals surface area contributed by atoms with E-state index in [9.17, 15) is 34.8 Å². The van der Waals surface area contributed by atoms with Gasteiger partial charge in [0.25, 0.3) is 5.56 Å². The number of anilines is 1. The molecule has 2 aromatic heterocycles. The van der Waals surface area contributed by atoms with E-state index in [-0.39, 0.29) is 11.4 Å². The number of nitrogens with two attached hydrogens (primary N) is 1. The predicted octanol–water partition coefficient (Wildman–Crippen LogP) is -4.86. The van der Waals surface area contributed by atoms with E-state index in [1.165, 1.54) is 13.1 Å². The monoisotopic (exact) mass is 515 g/mol. The zero-order valence-corrected chi connectivity index (χ0v) is 19.3. The lowest BCUT2D eigenvalue weighted by Crippen LogP contribution is -2.43. The summed E-state index contributed by atoms with van der Waals surface area (Å²) in [5.41, 5.74) is 2.43. The van der Waals surface area contributed by atoms with Gasteiger partial charge in [0.1, 0.15) is 48.0 Å². The number of hydrogen-bond acceptors (Lipinski definition) is 13. The van der Waals surface area contributed by atoms with Crippen molar-refractivity contribution in [1.82, 2.24) is 19.5 Å². The third-order valence-electron chi connectivity index (χ3n) is 6.16. The topological polar surface area (TPSA) is 266 Å². The van der Waals surface area contributed by atoms with Crippen molar-refractivity contribution < 1.29 is 40.1 Å². The van der Waals surface area contributed by atoms with Crippen LogP contribution < -0.4 is 22.7 Å². The molecular weight excluding hydrogens is 486 g/mol. The molecule has 0 aliphatic carbocycles. The number of nitrogens with one attached hydrogen (secondary N) is 2. The largest absolute Gasteiger partial charge is 0.394 e. The molecule has 2 aliphatic rings. The van der Waals surface area contributed by atoms with Gasteiger partial charge in [-0.1, -0.05) is 0 Å². The van der Waals surface area contributed by atoms with E-state index in [2.05, 4.69) is 9.97 Å². The maximum absolute atomic E-state index is 11.7. The van der Waals surface area contributed by atoms with E-state index in [1.807, 2.05) is 4.98 Å². The van der Waals surface area contributed by atoms with Crippen LogP contribution in [0.15, 0.2) is 26.8 Å². The molecule has 2 saturated heterocycles. The smallest absolute Gasteiger partial charge is 0.351 e. The zero-order chi connectivity index (χ0) is 26.9. The minimum absolute atomic E-state index is 0.0235. The van der Waals surface area contributed by atoms with E-state index < -0.39 is 78.6 Å². The summed E-state index contributed by atoms with van der Waals surface area (Å²) in [4.78, 5) is 42.1. The van der Waals surface area contributed by atoms with Gasteiger partial charge in [-0.2, -0.15) is 4.98 Å². The second-order valence-electron chi connectivity index (χ2n) is 8.59. The molecule has 200 valence electrons. The summed E-state index contributed by atoms with van der Waals surface area (Å²) in [5, 5.41) is 57.0. The highest BCUT2D eigenvalue weighted by molar-refractivity contribution is 5.35. The summed E-state index contributed by atoms with van der Waals surface area (Å²) in [5.74, 6) is 0.1000. The summed E-state index contributed by atoms with van der Waals surface area (Å²) in [6.45, 7) is 2.11. The van der Waals surface area contributed by atoms with Crippen LogP contribution in [0.4, 0.5) is 5.82 Å². The molecule has 16 heteroatoms. The average Bonchev–Trinajstić information content (AvgIpc) is 3.24. The lowest BCUT2D eigenvalue weighted by Gasteiger charge is -2.26. The fourth-order valence-electron chi connectivity index (χ4n) is 4.00. The van der Waals surface area contributed by atoms with Crippen LogP contribution in [0.1, 0.15) is 24.3 Å². The van der Waals surface area contributed by atoms with Gasteiger partial charge in [-0.3, -0.25) is 14.3 Å². The van der Waals surface area contributed by atoms with Crippen LogP contribution in [-0.4, -0.2) is 100.0 Å². The average molecular weight is 515 g/mol. The second kappa shape index (κ2) is 10.6. The highest BCUT2D eigenvalue weighted by atomic mass is 16.6. The van der Waals surface area contributed by atoms with Crippen molar-refractivity contribution in [1.29, 1.82) is 0 Å². The molecule has 2 aliphatic heterocycles. The Morgan fingerprint density at radius 1 is 1.08 bits per heavy atom. The molecule has 0 aromatic carbocycles. The van der Waals surface area contributed by atoms with Crippen LogP contribution in [0, 0.1) is 6.92 Å². The van der Waals surface area contributed by atoms with Crippen LogP contribution in [0.3, 0.4) is 0 Å². The third kappa shape index (κ3) is 4.97. The van der Waals surface area contributed by atoms with Crippen molar-refractivity contribution in [3.63, 3.8) is 0 Å². The first kappa shape index (κ1) is 27.6. The molecule has 4 heterocycles. The van der Waals surface area contributed by atoms with Crippen molar-refractivity contribution in [2.24, 2.45) is 0 Å². The number of nitrogens with zero attached hydrogens (tertiary/aromatic N) is 2. The minimum Gasteiger partial charge on any atom is -0.394 e. The second-order valence-corrected chi connectivity index (χ2v) is 8.59. The van der Waals surface area contributed by atoms with Gasteiger partial charge >= 0.3 is 11.4 Å². The predicted molar refractivity (Wildman–Crippen MR) is 120 cm³/mol. The number of aliphatic hydroxyl groups excluding tert-OH is 6. The molecule has 8 atom stereocenters. The van der Waals surface area contributed by atoms with Crippen LogP contribution >= 0.6 is 0 Å². The molecule has 0 spiro atoms. The summed E-state index contributed by atoms with van der Waals surface area (Å²) in [6.07, 6.45) is -5.77. The van der Waals surface area contributed by atoms with Gasteiger partial charge in [0.15, 0.2) is 6.23 Å². The molecule has 0 radical (unpaired) electrons. The lowest BCUT2D eigenvalue weighted by atomic mass is 9.90. The fraction of sp³-hybridized carbons (Fsp3) is 0.600. The number of rotatable bonds is 4. The molecule has 0 unspecified atom stereocenters. The summed E-state index contributed by atoms with van der Waals surface area (Å²) < 4.78 is 11.6. The highest BCUT2D eigenvalue weighted by Gasteiger charge is 2.53. The first-order valence-corrected chi connectivity index (χ1v) is 10.8. The Morgan fingerprint density at radius 2 is 1.72 bits per heavy atom. The van der Waals surface area contributed by atoms with Gasteiger partial charge in [-0.25, -0.2) is 9.59 Å². The zero-order valence-electron chi connectivity index (χ0n) is 19.3. The van der Waals surface area contributed by atoms with Gasteiger partial charge < -0.3 is 50.8 Å². The molecular formula is C20H29N5O11. The van der Waals surface area contributed by atoms with Crippen molar-refractivity contribution in [3.05, 3.63) is 54.8 Å². The summed E-state index contributed by atoms with van der Waals surface area (Å²) >= 11 is 0. The molecule has 10 N–H and O–H groups in total. The van der Waals surface area contributed by atoms with E-state index >= 15 is 0 Å². The summed E-state index contributed by atoms with van der Waals surface area (Å²) in [6, 6.07) is 0. The Balaban J connectivity index is 0.000000201. The molecule has 0 bridgehead atoms. The van der Waals surface area contributed by atoms with Crippen LogP contribution in [0.25, 0.3) is 0 Å². The van der Waals surface area contributed by atoms with Gasteiger partial charge in [-0.15, -0.1) is 0 Å². The molecule has 16 nitrogen and oxygen atoms in total. The number of H-pyrrole nitrogens is 2. The lowest BCUT2D eigenvalue weighted by molar-refractivity contribution is -0.0867. The number of aromatic nitrogens is 4. The van der Waals surface area contributed by atoms with Crippen molar-refractivity contribution in [3.8, 4) is 0 Å². The number of aryl methyl sites for hydroxylation is 1. The van der Waals surface area contributed by atoms with E-state index in [4.69, 9.17) is 25.4 Å². The first-order chi connectivity index (χ1) is 16.8. The fourth-order valence-corrected chi connectivity index (χ4v) is 4.00. The van der Waals surface area contributed by atoms with Gasteiger partial charge in [0, 0.05) is 18.0 Å². The number of hydrogen-bond donors (Lipinski definition) is 9. The Bertz CT molecular complexity index is 1250. The molecule has 2 aromatic rings. The quantitative estimate of drug-likeness (QED) is 0.185. The number of nitrogen functional groups attached to an aromatic ring is 1. The number of aliphatic hydroxyl groups is 6. The number of aromatic amines is 2. The maximum atomic E-state index is 11.7. The minimum atomic E-state index is -1.50. The normalized spacial score (nSPS) is 33.8. The SMILES string of the molecule is C[C@@]1(c2c[nH]c(=O)[nH]c2=O)O[C@H](CO)[C@@H](O)[C@H]1O.Cc1cn([C@@H]2O[C@H](CO)[C@@H](O)[C@H]2O)c(=O)nc1N. The van der Waals surface area contributed by atoms with Gasteiger partial charge in [-0.05, 0) is 13.8 Å². The van der Waals surface area contributed by atoms with Crippen molar-refractivity contribution in [2.45, 2.75) is 62.3 Å². The molecule has 0 amide bonds. The Morgan fingerprint density at radius 3 is 2.25 bits per heavy atom. The summed E-state index contributed by atoms with van der Waals surface area (Å²) in [7, 11) is 0. The number of ether oxygens (including phenoxy) is 2. The third-order valence-corrected chi connectivity index (χ3v) is 6.16. The first-order valence-electron chi connectivity index (χ1n) is 10.8. The van der Waals surface area contributed by atoms with Crippen molar-refractivity contribution >= 4 is 5.82 Å². The van der Waals surface area contributed by atoms with E-state index in [1.54, 1.807) is 6.92 Å². The standard InChI is InChI=1S/C10H15N3O5.C10H14N2O6/c1-4-2-13(10(17)12-8(4)11)9-7(16)6(15)5(3-14)18-9;1-10(4-2-11-9(17)12-8(4)16)7(15)6(14)5(3-13)18-10/h2,5-7,9,14-16H,3H2,1H3,(H2,11,12,17);2,5-7,13-15H,3H2,1H3,(H2,11,12,16,17)/t5-,6-,7-,9-;5-,6-,7-,10+/m11/s1. The Hall–Kier alpha value is -2.96. The Kier molecular flexibility index (Phi) is 8.11. The van der Waals surface area contributed by atoms with Crippen molar-refractivity contribution in [2.75, 3.05) is 18.9 Å². The molecule has 2 fully saturated rings.